The molecule has 0 spiro atoms. The van der Waals surface area contributed by atoms with Gasteiger partial charge in [0, 0.05) is 44.4 Å². The number of hydrogen-bond donors (Lipinski definition) is 1. The fraction of sp³-hybridized carbons (Fsp3) is 0.650. The van der Waals surface area contributed by atoms with Crippen LogP contribution in [0.15, 0.2) is 24.3 Å². The monoisotopic (exact) mass is 451 g/mol. The van der Waals surface area contributed by atoms with Crippen molar-refractivity contribution in [2.75, 3.05) is 53.0 Å². The second-order valence-electron chi connectivity index (χ2n) is 7.52. The number of benzene rings is 1. The van der Waals surface area contributed by atoms with Crippen molar-refractivity contribution >= 4 is 42.3 Å². The van der Waals surface area contributed by atoms with Gasteiger partial charge in [0.25, 0.3) is 0 Å². The minimum absolute atomic E-state index is 0. The summed E-state index contributed by atoms with van der Waals surface area (Å²) in [5, 5.41) is 4.12. The van der Waals surface area contributed by atoms with Crippen molar-refractivity contribution in [2.45, 2.75) is 25.8 Å². The van der Waals surface area contributed by atoms with E-state index in [2.05, 4.69) is 34.2 Å². The predicted octanol–water partition coefficient (Wildman–Crippen LogP) is 3.41. The van der Waals surface area contributed by atoms with Gasteiger partial charge in [-0.3, -0.25) is 9.69 Å². The van der Waals surface area contributed by atoms with Crippen LogP contribution in [0.1, 0.15) is 31.4 Å². The van der Waals surface area contributed by atoms with Crippen LogP contribution in [0.3, 0.4) is 0 Å². The number of carbonyl (C=O) groups excluding carboxylic acids is 1. The lowest BCUT2D eigenvalue weighted by Crippen LogP contribution is -2.56. The average Bonchev–Trinajstić information content (AvgIpc) is 2.68. The molecule has 8 heteroatoms. The summed E-state index contributed by atoms with van der Waals surface area (Å²) in [6.45, 7) is 7.90. The maximum Gasteiger partial charge on any atom is 0.231 e. The topological polar surface area (TPSA) is 44.8 Å². The van der Waals surface area contributed by atoms with Crippen LogP contribution in [-0.4, -0.2) is 68.7 Å². The summed E-state index contributed by atoms with van der Waals surface area (Å²) in [5.41, 5.74) is 0.924. The molecule has 2 saturated heterocycles. The van der Waals surface area contributed by atoms with Gasteiger partial charge in [0.05, 0.1) is 12.0 Å². The van der Waals surface area contributed by atoms with Gasteiger partial charge in [-0.15, -0.1) is 24.8 Å². The molecule has 28 heavy (non-hydrogen) atoms. The second-order valence-corrected chi connectivity index (χ2v) is 7.96. The number of halogens is 3. The number of rotatable bonds is 5. The average molecular weight is 453 g/mol. The first kappa shape index (κ1) is 25.5. The number of piperazine rings is 1. The molecule has 0 aromatic heterocycles. The van der Waals surface area contributed by atoms with Crippen LogP contribution >= 0.6 is 36.4 Å². The van der Waals surface area contributed by atoms with Gasteiger partial charge in [-0.1, -0.05) is 23.7 Å². The number of nitrogens with zero attached hydrogens (tertiary/aromatic N) is 2. The van der Waals surface area contributed by atoms with Crippen LogP contribution in [0, 0.1) is 5.41 Å². The molecule has 0 aliphatic carbocycles. The number of hydrogen-bond acceptors (Lipinski definition) is 4. The zero-order valence-electron chi connectivity index (χ0n) is 16.7. The number of ether oxygens (including phenoxy) is 1. The molecule has 160 valence electrons. The van der Waals surface area contributed by atoms with E-state index in [-0.39, 0.29) is 36.1 Å². The molecule has 1 N–H and O–H groups in total. The summed E-state index contributed by atoms with van der Waals surface area (Å²) in [4.78, 5) is 17.7. The van der Waals surface area contributed by atoms with Gasteiger partial charge in [-0.05, 0) is 50.6 Å². The third-order valence-corrected chi connectivity index (χ3v) is 6.19. The number of amides is 1. The van der Waals surface area contributed by atoms with Crippen molar-refractivity contribution in [1.82, 2.24) is 15.1 Å². The molecule has 5 nitrogen and oxygen atoms in total. The molecule has 1 amide bonds. The Hall–Kier alpha value is -0.560. The predicted molar refractivity (Wildman–Crippen MR) is 119 cm³/mol. The first-order valence-electron chi connectivity index (χ1n) is 9.54. The van der Waals surface area contributed by atoms with Gasteiger partial charge in [0.1, 0.15) is 0 Å². The lowest BCUT2D eigenvalue weighted by atomic mass is 9.78. The summed E-state index contributed by atoms with van der Waals surface area (Å²) in [5.74, 6) is 0.277. The van der Waals surface area contributed by atoms with Crippen molar-refractivity contribution in [2.24, 2.45) is 5.41 Å². The van der Waals surface area contributed by atoms with Gasteiger partial charge in [-0.25, -0.2) is 0 Å². The largest absolute Gasteiger partial charge is 0.384 e. The van der Waals surface area contributed by atoms with Gasteiger partial charge < -0.3 is 15.0 Å². The lowest BCUT2D eigenvalue weighted by Gasteiger charge is -2.44. The van der Waals surface area contributed by atoms with Crippen LogP contribution in [0.5, 0.6) is 0 Å². The van der Waals surface area contributed by atoms with E-state index in [9.17, 15) is 4.79 Å². The van der Waals surface area contributed by atoms with Crippen molar-refractivity contribution in [3.8, 4) is 0 Å². The van der Waals surface area contributed by atoms with E-state index < -0.39 is 0 Å². The Balaban J connectivity index is 0.00000196. The molecule has 1 unspecified atom stereocenters. The third-order valence-electron chi connectivity index (χ3n) is 5.94. The summed E-state index contributed by atoms with van der Waals surface area (Å²) in [6, 6.07) is 8.40. The van der Waals surface area contributed by atoms with E-state index in [1.54, 1.807) is 7.11 Å². The van der Waals surface area contributed by atoms with Crippen molar-refractivity contribution in [1.29, 1.82) is 0 Å². The molecule has 2 aliphatic rings. The molecule has 1 aromatic carbocycles. The first-order valence-corrected chi connectivity index (χ1v) is 9.92. The minimum atomic E-state index is -0.343. The highest BCUT2D eigenvalue weighted by Crippen LogP contribution is 2.32. The Bertz CT molecular complexity index is 596. The van der Waals surface area contributed by atoms with E-state index >= 15 is 0 Å². The normalized spacial score (nSPS) is 20.6. The van der Waals surface area contributed by atoms with E-state index in [1.165, 1.54) is 5.56 Å². The zero-order chi connectivity index (χ0) is 18.6. The maximum absolute atomic E-state index is 13.2. The Morgan fingerprint density at radius 3 is 2.25 bits per heavy atom. The Kier molecular flexibility index (Phi) is 10.5. The van der Waals surface area contributed by atoms with E-state index in [4.69, 9.17) is 16.3 Å². The quantitative estimate of drug-likeness (QED) is 0.743. The molecule has 0 saturated carbocycles. The van der Waals surface area contributed by atoms with Crippen LogP contribution in [0.4, 0.5) is 0 Å². The van der Waals surface area contributed by atoms with E-state index in [0.29, 0.717) is 12.6 Å². The number of piperidine rings is 1. The Morgan fingerprint density at radius 2 is 1.71 bits per heavy atom. The van der Waals surface area contributed by atoms with Crippen LogP contribution in [-0.2, 0) is 9.53 Å². The minimum Gasteiger partial charge on any atom is -0.384 e. The third kappa shape index (κ3) is 5.74. The first-order chi connectivity index (χ1) is 12.6. The standard InChI is InChI=1S/C20H30ClN3O2.2ClH/c1-16(17-3-5-18(21)6-4-17)23-11-13-24(14-12-23)19(25)20(15-26-2)7-9-22-10-8-20;;/h3-6,16,22H,7-15H2,1-2H3;2*1H. The highest BCUT2D eigenvalue weighted by atomic mass is 35.5. The number of methoxy groups -OCH3 is 1. The van der Waals surface area contributed by atoms with E-state index in [1.807, 2.05) is 12.1 Å². The SMILES string of the molecule is COCC1(C(=O)N2CCN(C(C)c3ccc(Cl)cc3)CC2)CCNCC1.Cl.Cl. The van der Waals surface area contributed by atoms with Gasteiger partial charge in [0.15, 0.2) is 0 Å². The second kappa shape index (κ2) is 11.6. The van der Waals surface area contributed by atoms with Gasteiger partial charge in [0.2, 0.25) is 5.91 Å². The summed E-state index contributed by atoms with van der Waals surface area (Å²) in [7, 11) is 1.70. The molecule has 2 heterocycles. The molecular formula is C20H32Cl3N3O2. The smallest absolute Gasteiger partial charge is 0.231 e. The number of nitrogens with one attached hydrogen (secondary N) is 1. The highest BCUT2D eigenvalue weighted by molar-refractivity contribution is 6.30. The van der Waals surface area contributed by atoms with E-state index in [0.717, 1.165) is 57.1 Å². The van der Waals surface area contributed by atoms with Crippen LogP contribution in [0.25, 0.3) is 0 Å². The van der Waals surface area contributed by atoms with Gasteiger partial charge >= 0.3 is 0 Å². The van der Waals surface area contributed by atoms with Gasteiger partial charge in [-0.2, -0.15) is 0 Å². The molecule has 1 atom stereocenters. The van der Waals surface area contributed by atoms with Crippen LogP contribution < -0.4 is 5.32 Å². The molecule has 3 rings (SSSR count). The molecule has 0 radical (unpaired) electrons. The van der Waals surface area contributed by atoms with Crippen LogP contribution in [0.2, 0.25) is 5.02 Å². The van der Waals surface area contributed by atoms with Crippen molar-refractivity contribution < 1.29 is 9.53 Å². The molecule has 2 fully saturated rings. The fourth-order valence-electron chi connectivity index (χ4n) is 4.20. The summed E-state index contributed by atoms with van der Waals surface area (Å²) < 4.78 is 5.43. The molecule has 1 aromatic rings. The highest BCUT2D eigenvalue weighted by Gasteiger charge is 2.43. The van der Waals surface area contributed by atoms with Crippen molar-refractivity contribution in [3.05, 3.63) is 34.9 Å². The number of carbonyl (C=O) groups is 1. The maximum atomic E-state index is 13.2. The molecular weight excluding hydrogens is 421 g/mol. The Morgan fingerprint density at radius 1 is 1.14 bits per heavy atom. The molecule has 0 bridgehead atoms. The summed E-state index contributed by atoms with van der Waals surface area (Å²) in [6.07, 6.45) is 1.72. The summed E-state index contributed by atoms with van der Waals surface area (Å²) >= 11 is 6.00. The zero-order valence-corrected chi connectivity index (χ0v) is 19.0. The van der Waals surface area contributed by atoms with Crippen molar-refractivity contribution in [3.63, 3.8) is 0 Å². The molecule has 2 aliphatic heterocycles. The lowest BCUT2D eigenvalue weighted by molar-refractivity contribution is -0.149. The Labute approximate surface area is 185 Å². The fourth-order valence-corrected chi connectivity index (χ4v) is 4.33.